The molecule has 0 bridgehead atoms. The summed E-state index contributed by atoms with van der Waals surface area (Å²) in [6.07, 6.45) is 1.95. The summed E-state index contributed by atoms with van der Waals surface area (Å²) in [6, 6.07) is 0.235. The van der Waals surface area contributed by atoms with Crippen LogP contribution in [-0.2, 0) is 4.79 Å². The van der Waals surface area contributed by atoms with Crippen molar-refractivity contribution in [2.45, 2.75) is 53.5 Å². The van der Waals surface area contributed by atoms with Crippen molar-refractivity contribution in [2.75, 3.05) is 6.54 Å². The number of hydrogen-bond donors (Lipinski definition) is 2. The van der Waals surface area contributed by atoms with E-state index in [1.54, 1.807) is 0 Å². The highest BCUT2D eigenvalue weighted by atomic mass is 16.1. The maximum absolute atomic E-state index is 11.9. The van der Waals surface area contributed by atoms with Gasteiger partial charge in [-0.25, -0.2) is 0 Å². The Balaban J connectivity index is 4.20. The fourth-order valence-electron chi connectivity index (χ4n) is 1.72. The van der Waals surface area contributed by atoms with Gasteiger partial charge in [-0.3, -0.25) is 4.79 Å². The molecular weight excluding hydrogens is 200 g/mol. The van der Waals surface area contributed by atoms with E-state index in [4.69, 9.17) is 5.73 Å². The molecule has 3 heteroatoms. The maximum atomic E-state index is 11.9. The third kappa shape index (κ3) is 5.50. The Morgan fingerprint density at radius 3 is 2.19 bits per heavy atom. The first-order chi connectivity index (χ1) is 7.42. The summed E-state index contributed by atoms with van der Waals surface area (Å²) in [5.41, 5.74) is 5.65. The smallest absolute Gasteiger partial charge is 0.224 e. The molecule has 96 valence electrons. The van der Waals surface area contributed by atoms with Gasteiger partial charge in [0, 0.05) is 12.6 Å². The number of rotatable bonds is 7. The van der Waals surface area contributed by atoms with Gasteiger partial charge in [-0.15, -0.1) is 0 Å². The maximum Gasteiger partial charge on any atom is 0.224 e. The van der Waals surface area contributed by atoms with E-state index in [-0.39, 0.29) is 17.9 Å². The van der Waals surface area contributed by atoms with Crippen LogP contribution in [-0.4, -0.2) is 18.5 Å². The molecule has 3 unspecified atom stereocenters. The molecule has 0 fully saturated rings. The summed E-state index contributed by atoms with van der Waals surface area (Å²) >= 11 is 0. The molecule has 0 aromatic heterocycles. The van der Waals surface area contributed by atoms with Crippen molar-refractivity contribution < 1.29 is 4.79 Å². The first-order valence-electron chi connectivity index (χ1n) is 6.42. The third-order valence-corrected chi connectivity index (χ3v) is 3.28. The van der Waals surface area contributed by atoms with Crippen LogP contribution in [0, 0.1) is 17.8 Å². The summed E-state index contributed by atoms with van der Waals surface area (Å²) in [5.74, 6) is 1.11. The Bertz CT molecular complexity index is 204. The van der Waals surface area contributed by atoms with Gasteiger partial charge in [0.15, 0.2) is 0 Å². The minimum absolute atomic E-state index is 0.0356. The van der Waals surface area contributed by atoms with Crippen LogP contribution in [0.5, 0.6) is 0 Å². The number of hydrogen-bond acceptors (Lipinski definition) is 2. The second-order valence-electron chi connectivity index (χ2n) is 5.24. The lowest BCUT2D eigenvalue weighted by atomic mass is 9.94. The molecule has 0 radical (unpaired) electrons. The van der Waals surface area contributed by atoms with Gasteiger partial charge in [-0.05, 0) is 25.2 Å². The van der Waals surface area contributed by atoms with Crippen molar-refractivity contribution in [2.24, 2.45) is 23.5 Å². The van der Waals surface area contributed by atoms with Crippen LogP contribution in [0.3, 0.4) is 0 Å². The number of carbonyl (C=O) groups is 1. The topological polar surface area (TPSA) is 55.1 Å². The molecule has 0 aliphatic rings. The molecule has 0 aromatic carbocycles. The van der Waals surface area contributed by atoms with Crippen molar-refractivity contribution in [3.05, 3.63) is 0 Å². The van der Waals surface area contributed by atoms with Crippen LogP contribution in [0.15, 0.2) is 0 Å². The molecule has 0 heterocycles. The predicted molar refractivity (Wildman–Crippen MR) is 69.1 cm³/mol. The van der Waals surface area contributed by atoms with E-state index in [1.807, 2.05) is 0 Å². The summed E-state index contributed by atoms with van der Waals surface area (Å²) < 4.78 is 0. The van der Waals surface area contributed by atoms with E-state index in [2.05, 4.69) is 39.9 Å². The number of nitrogens with one attached hydrogen (secondary N) is 1. The monoisotopic (exact) mass is 228 g/mol. The van der Waals surface area contributed by atoms with E-state index < -0.39 is 0 Å². The van der Waals surface area contributed by atoms with Crippen LogP contribution < -0.4 is 11.1 Å². The zero-order valence-corrected chi connectivity index (χ0v) is 11.4. The Labute approximate surface area is 100 Å². The highest BCUT2D eigenvalue weighted by molar-refractivity contribution is 5.79. The number of nitrogens with two attached hydrogens (primary N) is 1. The van der Waals surface area contributed by atoms with Crippen molar-refractivity contribution in [1.29, 1.82) is 0 Å². The van der Waals surface area contributed by atoms with E-state index >= 15 is 0 Å². The minimum Gasteiger partial charge on any atom is -0.353 e. The highest BCUT2D eigenvalue weighted by Gasteiger charge is 2.21. The Kier molecular flexibility index (Phi) is 7.39. The lowest BCUT2D eigenvalue weighted by Crippen LogP contribution is -2.43. The third-order valence-electron chi connectivity index (χ3n) is 3.28. The van der Waals surface area contributed by atoms with Crippen molar-refractivity contribution in [3.8, 4) is 0 Å². The second kappa shape index (κ2) is 7.66. The average Bonchev–Trinajstić information content (AvgIpc) is 2.23. The van der Waals surface area contributed by atoms with E-state index in [0.29, 0.717) is 18.4 Å². The van der Waals surface area contributed by atoms with Crippen LogP contribution in [0.1, 0.15) is 47.5 Å². The molecule has 0 saturated carbocycles. The molecule has 0 aliphatic heterocycles. The molecule has 3 N–H and O–H groups in total. The molecule has 3 nitrogen and oxygen atoms in total. The SMILES string of the molecule is CCC(C)C(C)NC(=O)C(CN)CC(C)C. The first kappa shape index (κ1) is 15.4. The van der Waals surface area contributed by atoms with E-state index in [0.717, 1.165) is 12.8 Å². The second-order valence-corrected chi connectivity index (χ2v) is 5.24. The van der Waals surface area contributed by atoms with Gasteiger partial charge < -0.3 is 11.1 Å². The normalized spacial score (nSPS) is 16.9. The van der Waals surface area contributed by atoms with Gasteiger partial charge in [0.25, 0.3) is 0 Å². The standard InChI is InChI=1S/C13H28N2O/c1-6-10(4)11(5)15-13(16)12(8-14)7-9(2)3/h9-12H,6-8,14H2,1-5H3,(H,15,16). The lowest BCUT2D eigenvalue weighted by Gasteiger charge is -2.23. The zero-order chi connectivity index (χ0) is 12.7. The minimum atomic E-state index is -0.0356. The van der Waals surface area contributed by atoms with E-state index in [1.165, 1.54) is 0 Å². The van der Waals surface area contributed by atoms with Crippen molar-refractivity contribution >= 4 is 5.91 Å². The molecule has 0 aliphatic carbocycles. The largest absolute Gasteiger partial charge is 0.353 e. The molecule has 3 atom stereocenters. The van der Waals surface area contributed by atoms with Crippen LogP contribution in [0.4, 0.5) is 0 Å². The average molecular weight is 228 g/mol. The molecule has 16 heavy (non-hydrogen) atoms. The van der Waals surface area contributed by atoms with Gasteiger partial charge in [0.2, 0.25) is 5.91 Å². The zero-order valence-electron chi connectivity index (χ0n) is 11.4. The summed E-state index contributed by atoms with van der Waals surface area (Å²) in [5, 5.41) is 3.07. The summed E-state index contributed by atoms with van der Waals surface area (Å²) in [4.78, 5) is 11.9. The number of amides is 1. The molecule has 1 amide bonds. The fraction of sp³-hybridized carbons (Fsp3) is 0.923. The van der Waals surface area contributed by atoms with Gasteiger partial charge in [0.05, 0.1) is 5.92 Å². The van der Waals surface area contributed by atoms with Crippen molar-refractivity contribution in [1.82, 2.24) is 5.32 Å². The van der Waals surface area contributed by atoms with Crippen LogP contribution in [0.25, 0.3) is 0 Å². The highest BCUT2D eigenvalue weighted by Crippen LogP contribution is 2.12. The molecule has 0 saturated heterocycles. The van der Waals surface area contributed by atoms with E-state index in [9.17, 15) is 4.79 Å². The van der Waals surface area contributed by atoms with Gasteiger partial charge >= 0.3 is 0 Å². The molecule has 0 rings (SSSR count). The molecule has 0 spiro atoms. The Hall–Kier alpha value is -0.570. The fourth-order valence-corrected chi connectivity index (χ4v) is 1.72. The summed E-state index contributed by atoms with van der Waals surface area (Å²) in [7, 11) is 0. The molecular formula is C13H28N2O. The van der Waals surface area contributed by atoms with Gasteiger partial charge in [-0.2, -0.15) is 0 Å². The lowest BCUT2D eigenvalue weighted by molar-refractivity contribution is -0.126. The first-order valence-corrected chi connectivity index (χ1v) is 6.42. The van der Waals surface area contributed by atoms with Crippen molar-refractivity contribution in [3.63, 3.8) is 0 Å². The van der Waals surface area contributed by atoms with Gasteiger partial charge in [0.1, 0.15) is 0 Å². The predicted octanol–water partition coefficient (Wildman–Crippen LogP) is 2.16. The summed E-state index contributed by atoms with van der Waals surface area (Å²) in [6.45, 7) is 11.0. The Morgan fingerprint density at radius 1 is 1.25 bits per heavy atom. The molecule has 0 aromatic rings. The van der Waals surface area contributed by atoms with Crippen LogP contribution in [0.2, 0.25) is 0 Å². The Morgan fingerprint density at radius 2 is 1.81 bits per heavy atom. The number of carbonyl (C=O) groups excluding carboxylic acids is 1. The van der Waals surface area contributed by atoms with Gasteiger partial charge in [-0.1, -0.05) is 34.1 Å². The quantitative estimate of drug-likeness (QED) is 0.701. The van der Waals surface area contributed by atoms with Crippen LogP contribution >= 0.6 is 0 Å².